The highest BCUT2D eigenvalue weighted by molar-refractivity contribution is 5.82. The lowest BCUT2D eigenvalue weighted by atomic mass is 10.1. The number of rotatable bonds is 8. The molecule has 3 N–H and O–H groups in total. The van der Waals surface area contributed by atoms with Gasteiger partial charge < -0.3 is 20.5 Å². The fraction of sp³-hybridized carbons (Fsp3) is 0.636. The standard InChI is InChI=1S/C11H20N4O3/c1-15-8-9(7-14-15)10(12)11(16)13-3-4-18-6-5-17-2/h7-8,10H,3-6,12H2,1-2H3,(H,13,16). The number of carbonyl (C=O) groups is 1. The topological polar surface area (TPSA) is 91.4 Å². The van der Waals surface area contributed by atoms with Crippen molar-refractivity contribution in [3.05, 3.63) is 18.0 Å². The van der Waals surface area contributed by atoms with Crippen molar-refractivity contribution >= 4 is 5.91 Å². The van der Waals surface area contributed by atoms with E-state index >= 15 is 0 Å². The van der Waals surface area contributed by atoms with Crippen LogP contribution in [0.25, 0.3) is 0 Å². The van der Waals surface area contributed by atoms with Crippen LogP contribution < -0.4 is 11.1 Å². The van der Waals surface area contributed by atoms with Gasteiger partial charge in [0.15, 0.2) is 0 Å². The number of amides is 1. The van der Waals surface area contributed by atoms with Gasteiger partial charge in [0.05, 0.1) is 26.0 Å². The van der Waals surface area contributed by atoms with E-state index in [1.54, 1.807) is 31.2 Å². The number of aryl methyl sites for hydroxylation is 1. The predicted molar refractivity (Wildman–Crippen MR) is 65.8 cm³/mol. The molecule has 1 unspecified atom stereocenters. The predicted octanol–water partition coefficient (Wildman–Crippen LogP) is -0.801. The van der Waals surface area contributed by atoms with Gasteiger partial charge in [-0.2, -0.15) is 5.10 Å². The number of hydrogen-bond donors (Lipinski definition) is 2. The Morgan fingerprint density at radius 2 is 2.33 bits per heavy atom. The Balaban J connectivity index is 2.20. The van der Waals surface area contributed by atoms with E-state index in [1.165, 1.54) is 0 Å². The lowest BCUT2D eigenvalue weighted by Gasteiger charge is -2.10. The Bertz CT molecular complexity index is 367. The molecular weight excluding hydrogens is 236 g/mol. The average Bonchev–Trinajstić information content (AvgIpc) is 2.79. The molecule has 0 saturated carbocycles. The zero-order chi connectivity index (χ0) is 13.4. The van der Waals surface area contributed by atoms with Crippen molar-refractivity contribution in [2.75, 3.05) is 33.5 Å². The number of nitrogens with two attached hydrogens (primary N) is 1. The van der Waals surface area contributed by atoms with E-state index in [2.05, 4.69) is 10.4 Å². The van der Waals surface area contributed by atoms with E-state index in [9.17, 15) is 4.79 Å². The second-order valence-electron chi connectivity index (χ2n) is 3.82. The highest BCUT2D eigenvalue weighted by Crippen LogP contribution is 2.07. The van der Waals surface area contributed by atoms with Gasteiger partial charge >= 0.3 is 0 Å². The zero-order valence-electron chi connectivity index (χ0n) is 10.8. The van der Waals surface area contributed by atoms with Crippen molar-refractivity contribution in [2.45, 2.75) is 6.04 Å². The number of nitrogens with one attached hydrogen (secondary N) is 1. The van der Waals surface area contributed by atoms with Crippen molar-refractivity contribution in [3.63, 3.8) is 0 Å². The first-order chi connectivity index (χ1) is 8.65. The molecular formula is C11H20N4O3. The van der Waals surface area contributed by atoms with Crippen molar-refractivity contribution in [3.8, 4) is 0 Å². The number of nitrogens with zero attached hydrogens (tertiary/aromatic N) is 2. The number of hydrogen-bond acceptors (Lipinski definition) is 5. The zero-order valence-corrected chi connectivity index (χ0v) is 10.8. The molecule has 0 radical (unpaired) electrons. The first-order valence-electron chi connectivity index (χ1n) is 5.73. The summed E-state index contributed by atoms with van der Waals surface area (Å²) in [5.41, 5.74) is 6.48. The summed E-state index contributed by atoms with van der Waals surface area (Å²) in [6.45, 7) is 1.93. The molecule has 0 aliphatic rings. The Morgan fingerprint density at radius 3 is 2.94 bits per heavy atom. The fourth-order valence-electron chi connectivity index (χ4n) is 1.35. The van der Waals surface area contributed by atoms with E-state index in [4.69, 9.17) is 15.2 Å². The Kier molecular flexibility index (Phi) is 6.34. The molecule has 0 spiro atoms. The lowest BCUT2D eigenvalue weighted by Crippen LogP contribution is -2.36. The molecule has 1 amide bonds. The summed E-state index contributed by atoms with van der Waals surface area (Å²) in [5.74, 6) is -0.238. The summed E-state index contributed by atoms with van der Waals surface area (Å²) < 4.78 is 11.7. The summed E-state index contributed by atoms with van der Waals surface area (Å²) in [5, 5.41) is 6.67. The molecule has 1 rings (SSSR count). The molecule has 0 aromatic carbocycles. The molecule has 1 heterocycles. The van der Waals surface area contributed by atoms with Crippen molar-refractivity contribution in [1.82, 2.24) is 15.1 Å². The molecule has 18 heavy (non-hydrogen) atoms. The van der Waals surface area contributed by atoms with Crippen LogP contribution >= 0.6 is 0 Å². The molecule has 7 heteroatoms. The molecule has 1 aromatic heterocycles. The average molecular weight is 256 g/mol. The minimum absolute atomic E-state index is 0.238. The van der Waals surface area contributed by atoms with Crippen LogP contribution in [0.1, 0.15) is 11.6 Å². The summed E-state index contributed by atoms with van der Waals surface area (Å²) in [7, 11) is 3.38. The molecule has 1 aromatic rings. The van der Waals surface area contributed by atoms with Gasteiger partial charge in [-0.25, -0.2) is 0 Å². The largest absolute Gasteiger partial charge is 0.382 e. The van der Waals surface area contributed by atoms with Gasteiger partial charge in [0.25, 0.3) is 0 Å². The molecule has 102 valence electrons. The van der Waals surface area contributed by atoms with Gasteiger partial charge in [0.2, 0.25) is 5.91 Å². The second-order valence-corrected chi connectivity index (χ2v) is 3.82. The minimum Gasteiger partial charge on any atom is -0.382 e. The van der Waals surface area contributed by atoms with E-state index < -0.39 is 6.04 Å². The smallest absolute Gasteiger partial charge is 0.241 e. The highest BCUT2D eigenvalue weighted by Gasteiger charge is 2.16. The lowest BCUT2D eigenvalue weighted by molar-refractivity contribution is -0.122. The third kappa shape index (κ3) is 4.82. The maximum absolute atomic E-state index is 11.7. The molecule has 1 atom stereocenters. The summed E-state index contributed by atoms with van der Waals surface area (Å²) >= 11 is 0. The summed E-state index contributed by atoms with van der Waals surface area (Å²) in [6, 6.07) is -0.697. The van der Waals surface area contributed by atoms with Crippen LogP contribution in [0.15, 0.2) is 12.4 Å². The number of methoxy groups -OCH3 is 1. The summed E-state index contributed by atoms with van der Waals surface area (Å²) in [4.78, 5) is 11.7. The number of ether oxygens (including phenoxy) is 2. The molecule has 0 bridgehead atoms. The third-order valence-corrected chi connectivity index (χ3v) is 2.34. The van der Waals surface area contributed by atoms with Gasteiger partial charge in [-0.3, -0.25) is 9.48 Å². The SMILES string of the molecule is COCCOCCNC(=O)C(N)c1cnn(C)c1. The summed E-state index contributed by atoms with van der Waals surface area (Å²) in [6.07, 6.45) is 3.30. The fourth-order valence-corrected chi connectivity index (χ4v) is 1.35. The maximum atomic E-state index is 11.7. The minimum atomic E-state index is -0.697. The molecule has 0 aliphatic heterocycles. The van der Waals surface area contributed by atoms with E-state index in [0.717, 1.165) is 0 Å². The van der Waals surface area contributed by atoms with Crippen LogP contribution in [0.2, 0.25) is 0 Å². The second kappa shape index (κ2) is 7.80. The van der Waals surface area contributed by atoms with Gasteiger partial charge in [0.1, 0.15) is 6.04 Å². The van der Waals surface area contributed by atoms with E-state index in [0.29, 0.717) is 31.9 Å². The van der Waals surface area contributed by atoms with Gasteiger partial charge in [-0.15, -0.1) is 0 Å². The molecule has 0 fully saturated rings. The number of aromatic nitrogens is 2. The van der Waals surface area contributed by atoms with Crippen LogP contribution in [0.3, 0.4) is 0 Å². The molecule has 7 nitrogen and oxygen atoms in total. The number of carbonyl (C=O) groups excluding carboxylic acids is 1. The van der Waals surface area contributed by atoms with E-state index in [-0.39, 0.29) is 5.91 Å². The van der Waals surface area contributed by atoms with Gasteiger partial charge in [-0.1, -0.05) is 0 Å². The Labute approximate surface area is 106 Å². The monoisotopic (exact) mass is 256 g/mol. The highest BCUT2D eigenvalue weighted by atomic mass is 16.5. The van der Waals surface area contributed by atoms with Crippen molar-refractivity contribution < 1.29 is 14.3 Å². The van der Waals surface area contributed by atoms with Crippen LogP contribution in [0, 0.1) is 0 Å². The van der Waals surface area contributed by atoms with Crippen molar-refractivity contribution in [2.24, 2.45) is 12.8 Å². The normalized spacial score (nSPS) is 12.4. The van der Waals surface area contributed by atoms with Crippen LogP contribution in [-0.4, -0.2) is 49.2 Å². The first kappa shape index (κ1) is 14.6. The molecule has 0 saturated heterocycles. The Morgan fingerprint density at radius 1 is 1.56 bits per heavy atom. The van der Waals surface area contributed by atoms with Crippen LogP contribution in [-0.2, 0) is 21.3 Å². The third-order valence-electron chi connectivity index (χ3n) is 2.34. The first-order valence-corrected chi connectivity index (χ1v) is 5.73. The maximum Gasteiger partial charge on any atom is 0.241 e. The molecule has 0 aliphatic carbocycles. The van der Waals surface area contributed by atoms with Crippen molar-refractivity contribution in [1.29, 1.82) is 0 Å². The van der Waals surface area contributed by atoms with Crippen LogP contribution in [0.5, 0.6) is 0 Å². The van der Waals surface area contributed by atoms with Crippen LogP contribution in [0.4, 0.5) is 0 Å². The van der Waals surface area contributed by atoms with Gasteiger partial charge in [-0.05, 0) is 0 Å². The Hall–Kier alpha value is -1.44. The quantitative estimate of drug-likeness (QED) is 0.594. The van der Waals surface area contributed by atoms with E-state index in [1.807, 2.05) is 0 Å². The van der Waals surface area contributed by atoms with Gasteiger partial charge in [0, 0.05) is 32.5 Å².